The monoisotopic (exact) mass is 184 g/mol. The predicted molar refractivity (Wildman–Crippen MR) is 56.0 cm³/mol. The van der Waals surface area contributed by atoms with Crippen molar-refractivity contribution in [2.75, 3.05) is 18.8 Å². The van der Waals surface area contributed by atoms with Crippen LogP contribution in [0.3, 0.4) is 0 Å². The van der Waals surface area contributed by atoms with Crippen molar-refractivity contribution in [2.45, 2.75) is 11.5 Å². The zero-order valence-electron chi connectivity index (χ0n) is 7.87. The molecule has 0 amide bonds. The number of aliphatic hydroxyl groups excluding tert-OH is 1. The highest BCUT2D eigenvalue weighted by molar-refractivity contribution is 8.32. The van der Waals surface area contributed by atoms with Crippen LogP contribution in [0, 0.1) is 0 Å². The zero-order chi connectivity index (χ0) is 9.19. The normalized spacial score (nSPS) is 13.0. The van der Waals surface area contributed by atoms with Gasteiger partial charge in [-0.3, -0.25) is 0 Å². The number of rotatable bonds is 2. The highest BCUT2D eigenvalue weighted by Gasteiger charge is 2.06. The van der Waals surface area contributed by atoms with Gasteiger partial charge in [-0.15, -0.1) is 0 Å². The fourth-order valence-electron chi connectivity index (χ4n) is 1.00. The molecule has 0 aliphatic carbocycles. The van der Waals surface area contributed by atoms with Crippen LogP contribution >= 0.6 is 10.0 Å². The molecule has 0 bridgehead atoms. The number of hydrogen-bond acceptors (Lipinski definition) is 1. The molecule has 2 heteroatoms. The number of benzene rings is 1. The van der Waals surface area contributed by atoms with Crippen molar-refractivity contribution >= 4 is 10.0 Å². The highest BCUT2D eigenvalue weighted by atomic mass is 32.3. The van der Waals surface area contributed by atoms with Crippen LogP contribution in [-0.4, -0.2) is 23.9 Å². The summed E-state index contributed by atoms with van der Waals surface area (Å²) in [6.07, 6.45) is 6.79. The van der Waals surface area contributed by atoms with Crippen molar-refractivity contribution in [1.29, 1.82) is 0 Å². The van der Waals surface area contributed by atoms with E-state index in [-0.39, 0.29) is 6.61 Å². The summed E-state index contributed by atoms with van der Waals surface area (Å²) < 4.78 is 0. The third kappa shape index (κ3) is 2.26. The van der Waals surface area contributed by atoms with Gasteiger partial charge in [-0.1, -0.05) is 12.1 Å². The second-order valence-corrected chi connectivity index (χ2v) is 7.78. The SMILES string of the molecule is CS(C)(C)c1ccc(CO)cc1. The Bertz CT molecular complexity index is 246. The lowest BCUT2D eigenvalue weighted by molar-refractivity contribution is 0.282. The third-order valence-electron chi connectivity index (χ3n) is 1.81. The maximum absolute atomic E-state index is 8.84. The first-order valence-corrected chi connectivity index (χ1v) is 6.78. The molecular formula is C10H16OS. The molecule has 12 heavy (non-hydrogen) atoms. The van der Waals surface area contributed by atoms with Gasteiger partial charge in [-0.05, 0) is 41.4 Å². The Morgan fingerprint density at radius 2 is 1.58 bits per heavy atom. The van der Waals surface area contributed by atoms with Crippen LogP contribution in [-0.2, 0) is 6.61 Å². The van der Waals surface area contributed by atoms with Crippen molar-refractivity contribution in [3.63, 3.8) is 0 Å². The second-order valence-electron chi connectivity index (χ2n) is 3.64. The highest BCUT2D eigenvalue weighted by Crippen LogP contribution is 2.44. The average molecular weight is 184 g/mol. The van der Waals surface area contributed by atoms with Crippen LogP contribution in [0.25, 0.3) is 0 Å². The summed E-state index contributed by atoms with van der Waals surface area (Å²) in [4.78, 5) is 1.39. The van der Waals surface area contributed by atoms with Crippen molar-refractivity contribution < 1.29 is 5.11 Å². The Hall–Kier alpha value is -0.470. The molecule has 0 aliphatic rings. The second kappa shape index (κ2) is 3.50. The summed E-state index contributed by atoms with van der Waals surface area (Å²) in [5.74, 6) is 0. The van der Waals surface area contributed by atoms with E-state index in [1.807, 2.05) is 12.1 Å². The summed E-state index contributed by atoms with van der Waals surface area (Å²) in [7, 11) is -0.609. The third-order valence-corrected chi connectivity index (χ3v) is 3.50. The van der Waals surface area contributed by atoms with Crippen LogP contribution < -0.4 is 0 Å². The van der Waals surface area contributed by atoms with E-state index in [1.54, 1.807) is 0 Å². The molecular weight excluding hydrogens is 168 g/mol. The van der Waals surface area contributed by atoms with Crippen molar-refractivity contribution in [3.05, 3.63) is 29.8 Å². The van der Waals surface area contributed by atoms with E-state index in [9.17, 15) is 0 Å². The first-order valence-electron chi connectivity index (χ1n) is 3.92. The van der Waals surface area contributed by atoms with Gasteiger partial charge in [0.1, 0.15) is 0 Å². The van der Waals surface area contributed by atoms with Gasteiger partial charge in [0.2, 0.25) is 0 Å². The summed E-state index contributed by atoms with van der Waals surface area (Å²) in [6.45, 7) is 0.139. The van der Waals surface area contributed by atoms with Crippen LogP contribution in [0.4, 0.5) is 0 Å². The van der Waals surface area contributed by atoms with E-state index in [1.165, 1.54) is 4.90 Å². The summed E-state index contributed by atoms with van der Waals surface area (Å²) in [5, 5.41) is 8.84. The summed E-state index contributed by atoms with van der Waals surface area (Å²) >= 11 is 0. The molecule has 0 saturated heterocycles. The van der Waals surface area contributed by atoms with E-state index in [2.05, 4.69) is 30.9 Å². The molecule has 1 aromatic carbocycles. The Morgan fingerprint density at radius 3 is 1.92 bits per heavy atom. The molecule has 0 aliphatic heterocycles. The molecule has 68 valence electrons. The average Bonchev–Trinajstić information content (AvgIpc) is 2.03. The molecule has 0 unspecified atom stereocenters. The Labute approximate surface area is 75.7 Å². The first-order chi connectivity index (χ1) is 5.54. The topological polar surface area (TPSA) is 20.2 Å². The fraction of sp³-hybridized carbons (Fsp3) is 0.400. The molecule has 0 radical (unpaired) electrons. The molecule has 1 nitrogen and oxygen atoms in total. The largest absolute Gasteiger partial charge is 0.392 e. The summed E-state index contributed by atoms with van der Waals surface area (Å²) in [6, 6.07) is 8.21. The van der Waals surface area contributed by atoms with Crippen LogP contribution in [0.2, 0.25) is 0 Å². The minimum absolute atomic E-state index is 0.139. The number of aliphatic hydroxyl groups is 1. The van der Waals surface area contributed by atoms with Crippen molar-refractivity contribution in [3.8, 4) is 0 Å². The molecule has 0 heterocycles. The lowest BCUT2D eigenvalue weighted by atomic mass is 10.2. The van der Waals surface area contributed by atoms with Gasteiger partial charge in [-0.2, -0.15) is 0 Å². The first kappa shape index (κ1) is 9.62. The minimum Gasteiger partial charge on any atom is -0.392 e. The molecule has 0 spiro atoms. The molecule has 0 aromatic heterocycles. The summed E-state index contributed by atoms with van der Waals surface area (Å²) in [5.41, 5.74) is 0.988. The van der Waals surface area contributed by atoms with E-state index < -0.39 is 10.0 Å². The Balaban J connectivity index is 2.93. The van der Waals surface area contributed by atoms with E-state index in [0.717, 1.165) is 5.56 Å². The van der Waals surface area contributed by atoms with Gasteiger partial charge in [0.25, 0.3) is 0 Å². The maximum Gasteiger partial charge on any atom is 0.0681 e. The molecule has 1 rings (SSSR count). The van der Waals surface area contributed by atoms with Gasteiger partial charge < -0.3 is 5.11 Å². The van der Waals surface area contributed by atoms with E-state index in [4.69, 9.17) is 5.11 Å². The zero-order valence-corrected chi connectivity index (χ0v) is 8.69. The molecule has 1 N–H and O–H groups in total. The van der Waals surface area contributed by atoms with Gasteiger partial charge in [0, 0.05) is 0 Å². The van der Waals surface area contributed by atoms with Crippen LogP contribution in [0.15, 0.2) is 29.2 Å². The van der Waals surface area contributed by atoms with Gasteiger partial charge >= 0.3 is 0 Å². The Morgan fingerprint density at radius 1 is 1.08 bits per heavy atom. The quantitative estimate of drug-likeness (QED) is 0.747. The molecule has 0 saturated carbocycles. The number of hydrogen-bond donors (Lipinski definition) is 1. The lowest BCUT2D eigenvalue weighted by Gasteiger charge is -2.25. The standard InChI is InChI=1S/C10H16OS/c1-12(2,3)10-6-4-9(8-11)5-7-10/h4-7,11H,8H2,1-3H3. The van der Waals surface area contributed by atoms with Gasteiger partial charge in [0.15, 0.2) is 0 Å². The Kier molecular flexibility index (Phi) is 2.80. The van der Waals surface area contributed by atoms with E-state index in [0.29, 0.717) is 0 Å². The molecule has 1 aromatic rings. The van der Waals surface area contributed by atoms with Crippen molar-refractivity contribution in [1.82, 2.24) is 0 Å². The minimum atomic E-state index is -0.609. The molecule has 0 atom stereocenters. The smallest absolute Gasteiger partial charge is 0.0681 e. The fourth-order valence-corrected chi connectivity index (χ4v) is 1.96. The van der Waals surface area contributed by atoms with Gasteiger partial charge in [0.05, 0.1) is 6.61 Å². The van der Waals surface area contributed by atoms with Crippen LogP contribution in [0.5, 0.6) is 0 Å². The molecule has 0 fully saturated rings. The van der Waals surface area contributed by atoms with E-state index >= 15 is 0 Å². The van der Waals surface area contributed by atoms with Gasteiger partial charge in [-0.25, -0.2) is 10.0 Å². The lowest BCUT2D eigenvalue weighted by Crippen LogP contribution is -1.93. The van der Waals surface area contributed by atoms with Crippen LogP contribution in [0.1, 0.15) is 5.56 Å². The maximum atomic E-state index is 8.84. The predicted octanol–water partition coefficient (Wildman–Crippen LogP) is 2.23. The van der Waals surface area contributed by atoms with Crippen molar-refractivity contribution in [2.24, 2.45) is 0 Å².